The normalized spacial score (nSPS) is 10.9. The molecule has 0 aliphatic rings. The second-order valence-corrected chi connectivity index (χ2v) is 7.58. The fourth-order valence-electron chi connectivity index (χ4n) is 3.01. The number of anilines is 2. The number of rotatable bonds is 5. The second-order valence-electron chi connectivity index (χ2n) is 6.52. The molecule has 7 nitrogen and oxygen atoms in total. The Morgan fingerprint density at radius 3 is 2.33 bits per heavy atom. The summed E-state index contributed by atoms with van der Waals surface area (Å²) in [7, 11) is 0. The van der Waals surface area contributed by atoms with Gasteiger partial charge in [0.15, 0.2) is 0 Å². The molecule has 2 amide bonds. The number of fused-ring (bicyclic) bond motifs is 1. The Balaban J connectivity index is 1.48. The van der Waals surface area contributed by atoms with Gasteiger partial charge in [0.1, 0.15) is 17.2 Å². The number of carbonyl (C=O) groups excluding carboxylic acids is 1. The third-order valence-corrected chi connectivity index (χ3v) is 5.59. The van der Waals surface area contributed by atoms with Crippen LogP contribution in [-0.2, 0) is 6.42 Å². The summed E-state index contributed by atoms with van der Waals surface area (Å²) in [5.74, 6) is 0.218. The van der Waals surface area contributed by atoms with Crippen LogP contribution in [0.4, 0.5) is 20.6 Å². The van der Waals surface area contributed by atoms with Crippen molar-refractivity contribution in [1.29, 1.82) is 0 Å². The van der Waals surface area contributed by atoms with E-state index < -0.39 is 6.03 Å². The van der Waals surface area contributed by atoms with Crippen molar-refractivity contribution < 1.29 is 9.18 Å². The van der Waals surface area contributed by atoms with Crippen molar-refractivity contribution in [2.24, 2.45) is 0 Å². The van der Waals surface area contributed by atoms with Gasteiger partial charge in [-0.05, 0) is 61.9 Å². The maximum absolute atomic E-state index is 13.0. The topological polar surface area (TPSA) is 84.2 Å². The van der Waals surface area contributed by atoms with Crippen LogP contribution in [0, 0.1) is 12.7 Å². The third-order valence-electron chi connectivity index (χ3n) is 4.47. The van der Waals surface area contributed by atoms with Crippen LogP contribution in [0.2, 0.25) is 0 Å². The van der Waals surface area contributed by atoms with Gasteiger partial charge >= 0.3 is 6.03 Å². The number of urea groups is 1. The summed E-state index contributed by atoms with van der Waals surface area (Å²) < 4.78 is 14.7. The molecule has 4 rings (SSSR count). The first-order valence-electron chi connectivity index (χ1n) is 9.34. The predicted octanol–water partition coefficient (Wildman–Crippen LogP) is 4.93. The summed E-state index contributed by atoms with van der Waals surface area (Å²) in [6.07, 6.45) is 2.33. The molecule has 152 valence electrons. The maximum atomic E-state index is 13.0. The minimum atomic E-state index is -0.399. The Hall–Kier alpha value is -3.46. The maximum Gasteiger partial charge on any atom is 0.323 e. The highest BCUT2D eigenvalue weighted by atomic mass is 32.2. The molecule has 0 unspecified atom stereocenters. The van der Waals surface area contributed by atoms with Crippen LogP contribution in [0.25, 0.3) is 5.78 Å². The highest BCUT2D eigenvalue weighted by Gasteiger charge is 2.14. The lowest BCUT2D eigenvalue weighted by atomic mass is 10.2. The first-order valence-corrected chi connectivity index (χ1v) is 10.2. The Kier molecular flexibility index (Phi) is 5.62. The lowest BCUT2D eigenvalue weighted by Gasteiger charge is -2.12. The van der Waals surface area contributed by atoms with Gasteiger partial charge in [0.05, 0.1) is 0 Å². The van der Waals surface area contributed by atoms with E-state index in [4.69, 9.17) is 0 Å². The van der Waals surface area contributed by atoms with E-state index in [2.05, 4.69) is 32.6 Å². The van der Waals surface area contributed by atoms with Crippen molar-refractivity contribution in [3.05, 3.63) is 71.9 Å². The molecule has 0 radical (unpaired) electrons. The highest BCUT2D eigenvalue weighted by molar-refractivity contribution is 7.99. The Bertz CT molecular complexity index is 1190. The van der Waals surface area contributed by atoms with Gasteiger partial charge in [0.2, 0.25) is 0 Å². The van der Waals surface area contributed by atoms with Gasteiger partial charge in [-0.2, -0.15) is 14.6 Å². The average molecular weight is 422 g/mol. The van der Waals surface area contributed by atoms with Crippen LogP contribution in [0.1, 0.15) is 18.2 Å². The second kappa shape index (κ2) is 8.50. The van der Waals surface area contributed by atoms with Gasteiger partial charge in [0.25, 0.3) is 5.78 Å². The smallest absolute Gasteiger partial charge is 0.308 e. The van der Waals surface area contributed by atoms with Crippen LogP contribution >= 0.6 is 11.8 Å². The van der Waals surface area contributed by atoms with E-state index >= 15 is 0 Å². The molecular formula is C21H19FN6OS. The third kappa shape index (κ3) is 4.25. The van der Waals surface area contributed by atoms with Crippen LogP contribution < -0.4 is 10.6 Å². The molecule has 2 N–H and O–H groups in total. The Labute approximate surface area is 176 Å². The monoisotopic (exact) mass is 422 g/mol. The SMILES string of the molecule is CCc1c(C)nc2ncnn2c1Sc1ccc(NC(=O)Nc2ccc(F)cc2)cc1. The van der Waals surface area contributed by atoms with Crippen molar-refractivity contribution in [2.75, 3.05) is 10.6 Å². The summed E-state index contributed by atoms with van der Waals surface area (Å²) in [6.45, 7) is 4.06. The number of amides is 2. The number of benzene rings is 2. The van der Waals surface area contributed by atoms with Crippen molar-refractivity contribution in [3.63, 3.8) is 0 Å². The largest absolute Gasteiger partial charge is 0.323 e. The number of nitrogens with zero attached hydrogens (tertiary/aromatic N) is 4. The molecule has 0 saturated carbocycles. The summed E-state index contributed by atoms with van der Waals surface area (Å²) in [5, 5.41) is 10.7. The van der Waals surface area contributed by atoms with Crippen LogP contribution in [0.5, 0.6) is 0 Å². The van der Waals surface area contributed by atoms with Crippen molar-refractivity contribution in [2.45, 2.75) is 30.2 Å². The number of hydrogen-bond acceptors (Lipinski definition) is 5. The van der Waals surface area contributed by atoms with Crippen LogP contribution in [-0.4, -0.2) is 25.6 Å². The molecule has 0 atom stereocenters. The number of carbonyl (C=O) groups is 1. The lowest BCUT2D eigenvalue weighted by molar-refractivity contribution is 0.262. The summed E-state index contributed by atoms with van der Waals surface area (Å²) in [6, 6.07) is 12.7. The Morgan fingerprint density at radius 1 is 1.07 bits per heavy atom. The molecule has 2 aromatic heterocycles. The first-order chi connectivity index (χ1) is 14.5. The minimum absolute atomic E-state index is 0.354. The number of aromatic nitrogens is 4. The van der Waals surface area contributed by atoms with Gasteiger partial charge in [-0.25, -0.2) is 14.2 Å². The van der Waals surface area contributed by atoms with Gasteiger partial charge in [-0.3, -0.25) is 0 Å². The summed E-state index contributed by atoms with van der Waals surface area (Å²) >= 11 is 1.58. The quantitative estimate of drug-likeness (QED) is 0.446. The molecule has 0 fully saturated rings. The minimum Gasteiger partial charge on any atom is -0.308 e. The van der Waals surface area contributed by atoms with Crippen LogP contribution in [0.15, 0.2) is 64.8 Å². The zero-order chi connectivity index (χ0) is 21.1. The van der Waals surface area contributed by atoms with E-state index in [0.717, 1.165) is 27.6 Å². The predicted molar refractivity (Wildman–Crippen MR) is 115 cm³/mol. The molecule has 4 aromatic rings. The van der Waals surface area contributed by atoms with Gasteiger partial charge in [-0.1, -0.05) is 18.7 Å². The van der Waals surface area contributed by atoms with Gasteiger partial charge in [0, 0.05) is 27.5 Å². The molecule has 0 bridgehead atoms. The molecule has 0 aliphatic heterocycles. The van der Waals surface area contributed by atoms with Crippen molar-refractivity contribution in [1.82, 2.24) is 19.6 Å². The fourth-order valence-corrected chi connectivity index (χ4v) is 4.14. The first kappa shape index (κ1) is 19.8. The fraction of sp³-hybridized carbons (Fsp3) is 0.143. The molecule has 0 aliphatic carbocycles. The number of hydrogen-bond donors (Lipinski definition) is 2. The number of nitrogens with one attached hydrogen (secondary N) is 2. The summed E-state index contributed by atoms with van der Waals surface area (Å²) in [4.78, 5) is 21.8. The molecule has 2 heterocycles. The zero-order valence-electron chi connectivity index (χ0n) is 16.4. The molecule has 2 aromatic carbocycles. The van der Waals surface area contributed by atoms with E-state index in [0.29, 0.717) is 17.2 Å². The molecular weight excluding hydrogens is 403 g/mol. The van der Waals surface area contributed by atoms with E-state index in [1.54, 1.807) is 16.3 Å². The highest BCUT2D eigenvalue weighted by Crippen LogP contribution is 2.32. The molecule has 9 heteroatoms. The van der Waals surface area contributed by atoms with Gasteiger partial charge in [-0.15, -0.1) is 0 Å². The Morgan fingerprint density at radius 2 is 1.70 bits per heavy atom. The molecule has 0 spiro atoms. The van der Waals surface area contributed by atoms with Crippen LogP contribution in [0.3, 0.4) is 0 Å². The van der Waals surface area contributed by atoms with E-state index in [1.165, 1.54) is 30.6 Å². The van der Waals surface area contributed by atoms with Gasteiger partial charge < -0.3 is 10.6 Å². The van der Waals surface area contributed by atoms with E-state index in [-0.39, 0.29) is 5.82 Å². The van der Waals surface area contributed by atoms with Crippen molar-refractivity contribution in [3.8, 4) is 0 Å². The molecule has 0 saturated heterocycles. The zero-order valence-corrected chi connectivity index (χ0v) is 17.2. The van der Waals surface area contributed by atoms with Crippen molar-refractivity contribution >= 4 is 34.9 Å². The summed E-state index contributed by atoms with van der Waals surface area (Å²) in [5.41, 5.74) is 3.22. The van der Waals surface area contributed by atoms with E-state index in [9.17, 15) is 9.18 Å². The number of halogens is 1. The van der Waals surface area contributed by atoms with E-state index in [1.807, 2.05) is 31.2 Å². The average Bonchev–Trinajstić information content (AvgIpc) is 3.19. The number of aryl methyl sites for hydroxylation is 1. The molecule has 30 heavy (non-hydrogen) atoms. The standard InChI is InChI=1S/C21H19FN6OS/c1-3-18-13(2)25-20-23-12-24-28(20)19(18)30-17-10-8-16(9-11-17)27-21(29)26-15-6-4-14(22)5-7-15/h4-12H,3H2,1-2H3,(H2,26,27,29). The lowest BCUT2D eigenvalue weighted by Crippen LogP contribution is -2.19.